The van der Waals surface area contributed by atoms with E-state index in [1.54, 1.807) is 0 Å². The maximum Gasteiger partial charge on any atom is 0.573 e. The van der Waals surface area contributed by atoms with E-state index in [0.717, 1.165) is 5.56 Å². The molecule has 2 rings (SSSR count). The summed E-state index contributed by atoms with van der Waals surface area (Å²) in [5.41, 5.74) is 0.902. The third-order valence-corrected chi connectivity index (χ3v) is 2.99. The summed E-state index contributed by atoms with van der Waals surface area (Å²) in [6.45, 7) is 0.190. The molecule has 2 aromatic carbocycles. The highest BCUT2D eigenvalue weighted by Gasteiger charge is 2.30. The molecule has 6 heteroatoms. The summed E-state index contributed by atoms with van der Waals surface area (Å²) in [5.74, 6) is -0.267. The zero-order valence-corrected chi connectivity index (χ0v) is 11.6. The van der Waals surface area contributed by atoms with Crippen LogP contribution in [0.25, 0.3) is 0 Å². The minimum absolute atomic E-state index is 0.190. The zero-order chi connectivity index (χ0) is 15.3. The van der Waals surface area contributed by atoms with Gasteiger partial charge in [-0.1, -0.05) is 54.1 Å². The predicted molar refractivity (Wildman–Crippen MR) is 73.0 cm³/mol. The molecule has 0 aliphatic rings. The summed E-state index contributed by atoms with van der Waals surface area (Å²) in [7, 11) is 0. The van der Waals surface area contributed by atoms with Crippen LogP contribution < -0.4 is 4.74 Å². The smallest absolute Gasteiger partial charge is 0.406 e. The summed E-state index contributed by atoms with van der Waals surface area (Å²) in [5, 5.41) is 0. The summed E-state index contributed by atoms with van der Waals surface area (Å²) in [6.07, 6.45) is -4.69. The van der Waals surface area contributed by atoms with E-state index in [4.69, 9.17) is 16.3 Å². The second-order valence-corrected chi connectivity index (χ2v) is 4.63. The van der Waals surface area contributed by atoms with Crippen molar-refractivity contribution in [1.29, 1.82) is 0 Å². The van der Waals surface area contributed by atoms with Crippen LogP contribution in [0.4, 0.5) is 13.2 Å². The molecule has 1 unspecified atom stereocenters. The predicted octanol–water partition coefficient (Wildman–Crippen LogP) is 5.04. The highest BCUT2D eigenvalue weighted by Crippen LogP contribution is 2.25. The fourth-order valence-corrected chi connectivity index (χ4v) is 1.87. The maximum atomic E-state index is 12.0. The molecule has 0 aliphatic carbocycles. The van der Waals surface area contributed by atoms with Gasteiger partial charge in [-0.3, -0.25) is 0 Å². The van der Waals surface area contributed by atoms with E-state index in [-0.39, 0.29) is 12.4 Å². The van der Waals surface area contributed by atoms with Gasteiger partial charge in [-0.05, 0) is 23.3 Å². The van der Waals surface area contributed by atoms with Crippen molar-refractivity contribution in [3.05, 3.63) is 65.7 Å². The van der Waals surface area contributed by atoms with Gasteiger partial charge >= 0.3 is 6.36 Å². The van der Waals surface area contributed by atoms with Crippen molar-refractivity contribution >= 4 is 11.6 Å². The molecule has 0 aromatic heterocycles. The van der Waals surface area contributed by atoms with Gasteiger partial charge < -0.3 is 9.47 Å². The quantitative estimate of drug-likeness (QED) is 0.719. The minimum Gasteiger partial charge on any atom is -0.406 e. The first kappa shape index (κ1) is 15.7. The largest absolute Gasteiger partial charge is 0.573 e. The second-order valence-electron chi connectivity index (χ2n) is 4.23. The van der Waals surface area contributed by atoms with Crippen LogP contribution in [-0.4, -0.2) is 6.36 Å². The Balaban J connectivity index is 1.89. The number of halogens is 4. The molecule has 0 saturated heterocycles. The first-order chi connectivity index (χ1) is 9.94. The SMILES string of the molecule is FC(F)(F)Oc1ccc(COC(Cl)c2ccccc2)cc1. The van der Waals surface area contributed by atoms with E-state index in [9.17, 15) is 13.2 Å². The molecule has 0 aliphatic heterocycles. The zero-order valence-electron chi connectivity index (χ0n) is 10.8. The normalized spacial score (nSPS) is 13.0. The third kappa shape index (κ3) is 5.28. The van der Waals surface area contributed by atoms with Gasteiger partial charge in [-0.25, -0.2) is 0 Å². The van der Waals surface area contributed by atoms with Gasteiger partial charge in [-0.2, -0.15) is 0 Å². The lowest BCUT2D eigenvalue weighted by Crippen LogP contribution is -2.17. The highest BCUT2D eigenvalue weighted by atomic mass is 35.5. The Hall–Kier alpha value is -1.72. The van der Waals surface area contributed by atoms with E-state index in [1.807, 2.05) is 30.3 Å². The number of rotatable bonds is 5. The molecule has 0 bridgehead atoms. The van der Waals surface area contributed by atoms with Crippen LogP contribution in [0.15, 0.2) is 54.6 Å². The molecule has 0 spiro atoms. The lowest BCUT2D eigenvalue weighted by Gasteiger charge is -2.12. The maximum absolute atomic E-state index is 12.0. The monoisotopic (exact) mass is 316 g/mol. The summed E-state index contributed by atoms with van der Waals surface area (Å²) in [6, 6.07) is 14.7. The van der Waals surface area contributed by atoms with Gasteiger partial charge in [0.25, 0.3) is 0 Å². The van der Waals surface area contributed by atoms with Gasteiger partial charge in [0.1, 0.15) is 5.75 Å². The summed E-state index contributed by atoms with van der Waals surface area (Å²) >= 11 is 6.08. The van der Waals surface area contributed by atoms with E-state index in [2.05, 4.69) is 4.74 Å². The number of ether oxygens (including phenoxy) is 2. The van der Waals surface area contributed by atoms with Crippen molar-refractivity contribution < 1.29 is 22.6 Å². The Morgan fingerprint density at radius 1 is 0.952 bits per heavy atom. The first-order valence-electron chi connectivity index (χ1n) is 6.09. The van der Waals surface area contributed by atoms with Crippen molar-refractivity contribution in [2.45, 2.75) is 18.5 Å². The van der Waals surface area contributed by atoms with Crippen LogP contribution in [-0.2, 0) is 11.3 Å². The number of alkyl halides is 4. The molecule has 0 saturated carbocycles. The van der Waals surface area contributed by atoms with Gasteiger partial charge in [-0.15, -0.1) is 13.2 Å². The fraction of sp³-hybridized carbons (Fsp3) is 0.200. The van der Waals surface area contributed by atoms with Crippen LogP contribution in [0.1, 0.15) is 16.7 Å². The Bertz CT molecular complexity index is 555. The standard InChI is InChI=1S/C15H12ClF3O2/c16-14(12-4-2-1-3-5-12)20-10-11-6-8-13(9-7-11)21-15(17,18)19/h1-9,14H,10H2. The van der Waals surface area contributed by atoms with Crippen LogP contribution in [0, 0.1) is 0 Å². The van der Waals surface area contributed by atoms with E-state index >= 15 is 0 Å². The first-order valence-corrected chi connectivity index (χ1v) is 6.53. The molecule has 0 radical (unpaired) electrons. The van der Waals surface area contributed by atoms with Crippen LogP contribution in [0.3, 0.4) is 0 Å². The number of hydrogen-bond acceptors (Lipinski definition) is 2. The number of benzene rings is 2. The summed E-state index contributed by atoms with van der Waals surface area (Å²) in [4.78, 5) is 0. The molecule has 112 valence electrons. The van der Waals surface area contributed by atoms with E-state index in [0.29, 0.717) is 5.56 Å². The minimum atomic E-state index is -4.69. The third-order valence-electron chi connectivity index (χ3n) is 2.61. The molecular weight excluding hydrogens is 305 g/mol. The molecule has 2 nitrogen and oxygen atoms in total. The second kappa shape index (κ2) is 6.83. The van der Waals surface area contributed by atoms with Gasteiger partial charge in [0.2, 0.25) is 0 Å². The molecule has 0 heterocycles. The highest BCUT2D eigenvalue weighted by molar-refractivity contribution is 6.19. The van der Waals surface area contributed by atoms with Crippen molar-refractivity contribution in [1.82, 2.24) is 0 Å². The van der Waals surface area contributed by atoms with E-state index in [1.165, 1.54) is 24.3 Å². The molecule has 0 N–H and O–H groups in total. The van der Waals surface area contributed by atoms with Gasteiger partial charge in [0, 0.05) is 0 Å². The Labute approximate surface area is 125 Å². The molecule has 21 heavy (non-hydrogen) atoms. The van der Waals surface area contributed by atoms with Crippen molar-refractivity contribution in [3.63, 3.8) is 0 Å². The lowest BCUT2D eigenvalue weighted by molar-refractivity contribution is -0.274. The van der Waals surface area contributed by atoms with Crippen molar-refractivity contribution in [2.75, 3.05) is 0 Å². The van der Waals surface area contributed by atoms with Crippen LogP contribution >= 0.6 is 11.6 Å². The van der Waals surface area contributed by atoms with Crippen molar-refractivity contribution in [3.8, 4) is 5.75 Å². The average molecular weight is 317 g/mol. The fourth-order valence-electron chi connectivity index (χ4n) is 1.66. The van der Waals surface area contributed by atoms with Gasteiger partial charge in [0.15, 0.2) is 5.56 Å². The Kier molecular flexibility index (Phi) is 5.09. The molecule has 0 fully saturated rings. The lowest BCUT2D eigenvalue weighted by atomic mass is 10.2. The number of hydrogen-bond donors (Lipinski definition) is 0. The average Bonchev–Trinajstić information content (AvgIpc) is 2.45. The molecule has 1 atom stereocenters. The topological polar surface area (TPSA) is 18.5 Å². The molecule has 0 amide bonds. The van der Waals surface area contributed by atoms with Crippen LogP contribution in [0.2, 0.25) is 0 Å². The van der Waals surface area contributed by atoms with Gasteiger partial charge in [0.05, 0.1) is 6.61 Å². The molecular formula is C15H12ClF3O2. The molecule has 2 aromatic rings. The summed E-state index contributed by atoms with van der Waals surface area (Å²) < 4.78 is 45.3. The van der Waals surface area contributed by atoms with Crippen molar-refractivity contribution in [2.24, 2.45) is 0 Å². The van der Waals surface area contributed by atoms with E-state index < -0.39 is 11.9 Å². The van der Waals surface area contributed by atoms with Crippen LogP contribution in [0.5, 0.6) is 5.75 Å². The Morgan fingerprint density at radius 3 is 2.14 bits per heavy atom. The Morgan fingerprint density at radius 2 is 1.57 bits per heavy atom.